The average Bonchev–Trinajstić information content (AvgIpc) is 2.49. The van der Waals surface area contributed by atoms with Gasteiger partial charge in [-0.3, -0.25) is 5.10 Å². The minimum absolute atomic E-state index is 0.882. The Kier molecular flexibility index (Phi) is 2.33. The lowest BCUT2D eigenvalue weighted by atomic mass is 10.1. The van der Waals surface area contributed by atoms with Crippen LogP contribution in [0.5, 0.6) is 0 Å². The summed E-state index contributed by atoms with van der Waals surface area (Å²) in [7, 11) is 1.94. The lowest BCUT2D eigenvalue weighted by Gasteiger charge is -1.98. The first-order chi connectivity index (χ1) is 6.31. The van der Waals surface area contributed by atoms with Crippen molar-refractivity contribution in [3.8, 4) is 0 Å². The maximum Gasteiger partial charge on any atom is 0.108 e. The molecule has 0 unspecified atom stereocenters. The summed E-state index contributed by atoms with van der Waals surface area (Å²) < 4.78 is 0.945. The number of halogens is 1. The molecule has 0 saturated carbocycles. The molecular weight excluding hydrogens is 230 g/mol. The summed E-state index contributed by atoms with van der Waals surface area (Å²) in [6.07, 6.45) is 0. The fraction of sp³-hybridized carbons (Fsp3) is 0.222. The van der Waals surface area contributed by atoms with E-state index in [4.69, 9.17) is 0 Å². The number of nitrogens with one attached hydrogen (secondary N) is 2. The van der Waals surface area contributed by atoms with Gasteiger partial charge in [-0.2, -0.15) is 5.10 Å². The topological polar surface area (TPSA) is 40.7 Å². The largest absolute Gasteiger partial charge is 0.316 e. The predicted octanol–water partition coefficient (Wildman–Crippen LogP) is 2.04. The van der Waals surface area contributed by atoms with Crippen molar-refractivity contribution in [1.29, 1.82) is 0 Å². The summed E-state index contributed by atoms with van der Waals surface area (Å²) in [6.45, 7) is 0.882. The van der Waals surface area contributed by atoms with Gasteiger partial charge in [0.25, 0.3) is 0 Å². The number of H-pyrrole nitrogens is 1. The van der Waals surface area contributed by atoms with Crippen molar-refractivity contribution in [3.05, 3.63) is 28.4 Å². The van der Waals surface area contributed by atoms with Crippen molar-refractivity contribution in [2.75, 3.05) is 7.05 Å². The average molecular weight is 240 g/mol. The molecule has 13 heavy (non-hydrogen) atoms. The second-order valence-corrected chi connectivity index (χ2v) is 3.71. The van der Waals surface area contributed by atoms with E-state index in [0.717, 1.165) is 22.1 Å². The number of hydrogen-bond acceptors (Lipinski definition) is 2. The summed E-state index contributed by atoms with van der Waals surface area (Å²) >= 11 is 3.41. The van der Waals surface area contributed by atoms with E-state index in [1.54, 1.807) is 0 Å². The highest BCUT2D eigenvalue weighted by atomic mass is 79.9. The molecule has 1 aromatic heterocycles. The van der Waals surface area contributed by atoms with Crippen LogP contribution in [-0.2, 0) is 6.54 Å². The summed E-state index contributed by atoms with van der Waals surface area (Å²) in [5.41, 5.74) is 2.25. The van der Waals surface area contributed by atoms with Crippen LogP contribution in [-0.4, -0.2) is 17.2 Å². The lowest BCUT2D eigenvalue weighted by Crippen LogP contribution is -2.04. The van der Waals surface area contributed by atoms with E-state index in [9.17, 15) is 0 Å². The van der Waals surface area contributed by atoms with Gasteiger partial charge in [-0.1, -0.05) is 6.07 Å². The third-order valence-electron chi connectivity index (χ3n) is 1.95. The van der Waals surface area contributed by atoms with E-state index in [-0.39, 0.29) is 0 Å². The van der Waals surface area contributed by atoms with Gasteiger partial charge in [0.05, 0.1) is 5.52 Å². The van der Waals surface area contributed by atoms with Gasteiger partial charge in [0.2, 0.25) is 0 Å². The first kappa shape index (κ1) is 8.72. The maximum atomic E-state index is 4.13. The second-order valence-electron chi connectivity index (χ2n) is 2.92. The molecule has 0 atom stereocenters. The van der Waals surface area contributed by atoms with Gasteiger partial charge in [-0.05, 0) is 40.7 Å². The van der Waals surface area contributed by atoms with Crippen LogP contribution in [0.2, 0.25) is 0 Å². The fourth-order valence-corrected chi connectivity index (χ4v) is 1.75. The molecule has 1 heterocycles. The fourth-order valence-electron chi connectivity index (χ4n) is 1.34. The van der Waals surface area contributed by atoms with Crippen LogP contribution in [0.1, 0.15) is 5.56 Å². The number of rotatable bonds is 2. The number of benzene rings is 1. The maximum absolute atomic E-state index is 4.13. The molecule has 0 aliphatic carbocycles. The molecule has 2 aromatic rings. The number of fused-ring (bicyclic) bond motifs is 1. The van der Waals surface area contributed by atoms with Crippen LogP contribution in [0, 0.1) is 0 Å². The third kappa shape index (κ3) is 1.59. The van der Waals surface area contributed by atoms with Gasteiger partial charge in [-0.15, -0.1) is 0 Å². The highest BCUT2D eigenvalue weighted by molar-refractivity contribution is 9.10. The Morgan fingerprint density at radius 2 is 2.38 bits per heavy atom. The lowest BCUT2D eigenvalue weighted by molar-refractivity contribution is 0.819. The van der Waals surface area contributed by atoms with Gasteiger partial charge in [0.1, 0.15) is 4.60 Å². The molecule has 0 radical (unpaired) electrons. The van der Waals surface area contributed by atoms with E-state index in [1.807, 2.05) is 13.1 Å². The molecule has 3 nitrogen and oxygen atoms in total. The minimum atomic E-state index is 0.882. The smallest absolute Gasteiger partial charge is 0.108 e. The van der Waals surface area contributed by atoms with Gasteiger partial charge in [0.15, 0.2) is 0 Å². The first-order valence-electron chi connectivity index (χ1n) is 4.08. The van der Waals surface area contributed by atoms with Crippen LogP contribution < -0.4 is 5.32 Å². The Bertz CT molecular complexity index is 422. The van der Waals surface area contributed by atoms with Crippen molar-refractivity contribution >= 4 is 26.8 Å². The van der Waals surface area contributed by atoms with Crippen molar-refractivity contribution in [2.45, 2.75) is 6.54 Å². The summed E-state index contributed by atoms with van der Waals surface area (Å²) in [5.74, 6) is 0. The Balaban J connectivity index is 2.53. The Hall–Kier alpha value is -0.870. The molecule has 68 valence electrons. The zero-order chi connectivity index (χ0) is 9.26. The highest BCUT2D eigenvalue weighted by Gasteiger charge is 2.02. The van der Waals surface area contributed by atoms with E-state index in [2.05, 4.69) is 43.6 Å². The zero-order valence-corrected chi connectivity index (χ0v) is 8.85. The Labute approximate surface area is 84.7 Å². The molecule has 0 amide bonds. The van der Waals surface area contributed by atoms with E-state index >= 15 is 0 Å². The molecule has 0 spiro atoms. The van der Waals surface area contributed by atoms with Crippen LogP contribution in [0.15, 0.2) is 22.8 Å². The molecule has 1 aromatic carbocycles. The number of hydrogen-bond donors (Lipinski definition) is 2. The molecule has 0 bridgehead atoms. The van der Waals surface area contributed by atoms with Crippen molar-refractivity contribution < 1.29 is 0 Å². The van der Waals surface area contributed by atoms with E-state index < -0.39 is 0 Å². The standard InChI is InChI=1S/C9H10BrN3/c1-11-5-6-2-3-8-7(4-6)9(10)13-12-8/h2-4,11H,5H2,1H3,(H,12,13). The van der Waals surface area contributed by atoms with Gasteiger partial charge in [-0.25, -0.2) is 0 Å². The quantitative estimate of drug-likeness (QED) is 0.843. The summed E-state index contributed by atoms with van der Waals surface area (Å²) in [5, 5.41) is 11.3. The van der Waals surface area contributed by atoms with Crippen LogP contribution in [0.25, 0.3) is 10.9 Å². The van der Waals surface area contributed by atoms with Crippen molar-refractivity contribution in [3.63, 3.8) is 0 Å². The predicted molar refractivity (Wildman–Crippen MR) is 56.6 cm³/mol. The van der Waals surface area contributed by atoms with Gasteiger partial charge < -0.3 is 5.32 Å². The molecule has 0 fully saturated rings. The normalized spacial score (nSPS) is 10.9. The second kappa shape index (κ2) is 3.47. The summed E-state index contributed by atoms with van der Waals surface area (Å²) in [6, 6.07) is 6.22. The van der Waals surface area contributed by atoms with Crippen LogP contribution in [0.4, 0.5) is 0 Å². The molecule has 2 rings (SSSR count). The van der Waals surface area contributed by atoms with Gasteiger partial charge >= 0.3 is 0 Å². The van der Waals surface area contributed by atoms with Gasteiger partial charge in [0, 0.05) is 11.9 Å². The van der Waals surface area contributed by atoms with Crippen molar-refractivity contribution in [2.24, 2.45) is 0 Å². The highest BCUT2D eigenvalue weighted by Crippen LogP contribution is 2.21. The Morgan fingerprint density at radius 3 is 3.15 bits per heavy atom. The van der Waals surface area contributed by atoms with Crippen LogP contribution in [0.3, 0.4) is 0 Å². The molecular formula is C9H10BrN3. The molecule has 0 aliphatic rings. The Morgan fingerprint density at radius 1 is 1.54 bits per heavy atom. The van der Waals surface area contributed by atoms with E-state index in [1.165, 1.54) is 5.56 Å². The molecule has 0 saturated heterocycles. The molecule has 4 heteroatoms. The van der Waals surface area contributed by atoms with Crippen LogP contribution >= 0.6 is 15.9 Å². The first-order valence-corrected chi connectivity index (χ1v) is 4.87. The SMILES string of the molecule is CNCc1ccc2n[nH]c(Br)c2c1. The zero-order valence-electron chi connectivity index (χ0n) is 7.26. The molecule has 2 N–H and O–H groups in total. The number of aromatic nitrogens is 2. The van der Waals surface area contributed by atoms with Crippen molar-refractivity contribution in [1.82, 2.24) is 15.5 Å². The molecule has 0 aliphatic heterocycles. The van der Waals surface area contributed by atoms with E-state index in [0.29, 0.717) is 0 Å². The number of nitrogens with zero attached hydrogens (tertiary/aromatic N) is 1. The number of aromatic amines is 1. The third-order valence-corrected chi connectivity index (χ3v) is 2.56. The summed E-state index contributed by atoms with van der Waals surface area (Å²) in [4.78, 5) is 0. The minimum Gasteiger partial charge on any atom is -0.316 e. The monoisotopic (exact) mass is 239 g/mol.